The molecule has 6 heteroatoms. The monoisotopic (exact) mass is 375 g/mol. The summed E-state index contributed by atoms with van der Waals surface area (Å²) in [5.41, 5.74) is 8.55. The van der Waals surface area contributed by atoms with Crippen LogP contribution in [0.2, 0.25) is 0 Å². The molecule has 1 unspecified atom stereocenters. The summed E-state index contributed by atoms with van der Waals surface area (Å²) in [6.07, 6.45) is 2.85. The highest BCUT2D eigenvalue weighted by atomic mass is 35.5. The van der Waals surface area contributed by atoms with Crippen LogP contribution in [-0.2, 0) is 17.8 Å². The summed E-state index contributed by atoms with van der Waals surface area (Å²) in [5, 5.41) is 0. The molecule has 0 saturated carbocycles. The van der Waals surface area contributed by atoms with Crippen LogP contribution in [0.4, 0.5) is 0 Å². The molecule has 2 rings (SSSR count). The Labute approximate surface area is 158 Å². The van der Waals surface area contributed by atoms with Crippen molar-refractivity contribution in [1.82, 2.24) is 9.80 Å². The van der Waals surface area contributed by atoms with E-state index in [0.717, 1.165) is 51.1 Å². The van der Waals surface area contributed by atoms with E-state index in [-0.39, 0.29) is 30.7 Å². The maximum Gasteiger partial charge on any atom is 0.239 e. The molecule has 0 aromatic heterocycles. The normalized spacial score (nSPS) is 14.9. The molecule has 1 saturated heterocycles. The number of halogens is 2. The van der Waals surface area contributed by atoms with Crippen LogP contribution in [0.3, 0.4) is 0 Å². The first-order valence-corrected chi connectivity index (χ1v) is 8.48. The smallest absolute Gasteiger partial charge is 0.239 e. The van der Waals surface area contributed by atoms with Gasteiger partial charge in [0.05, 0.1) is 6.04 Å². The largest absolute Gasteiger partial charge is 0.341 e. The maximum atomic E-state index is 12.2. The Balaban J connectivity index is 0.00000264. The van der Waals surface area contributed by atoms with Gasteiger partial charge < -0.3 is 10.6 Å². The van der Waals surface area contributed by atoms with E-state index in [2.05, 4.69) is 43.0 Å². The van der Waals surface area contributed by atoms with E-state index in [4.69, 9.17) is 5.73 Å². The molecule has 24 heavy (non-hydrogen) atoms. The Morgan fingerprint density at radius 3 is 2.08 bits per heavy atom. The first-order valence-electron chi connectivity index (χ1n) is 8.48. The number of amides is 1. The number of benzene rings is 1. The van der Waals surface area contributed by atoms with Gasteiger partial charge >= 0.3 is 0 Å². The van der Waals surface area contributed by atoms with Gasteiger partial charge in [-0.1, -0.05) is 38.1 Å². The molecule has 0 bridgehead atoms. The lowest BCUT2D eigenvalue weighted by atomic mass is 10.0. The molecule has 1 aliphatic heterocycles. The van der Waals surface area contributed by atoms with Gasteiger partial charge in [0.1, 0.15) is 0 Å². The number of carbonyl (C=O) groups excluding carboxylic acids is 1. The van der Waals surface area contributed by atoms with Crippen LogP contribution in [-0.4, -0.2) is 47.9 Å². The fraction of sp³-hybridized carbons (Fsp3) is 0.611. The minimum atomic E-state index is -0.410. The van der Waals surface area contributed by atoms with E-state index >= 15 is 0 Å². The summed E-state index contributed by atoms with van der Waals surface area (Å²) in [6, 6.07) is 8.11. The number of rotatable bonds is 7. The predicted molar refractivity (Wildman–Crippen MR) is 105 cm³/mol. The molecule has 0 radical (unpaired) electrons. The fourth-order valence-electron chi connectivity index (χ4n) is 3.00. The predicted octanol–water partition coefficient (Wildman–Crippen LogP) is 2.86. The van der Waals surface area contributed by atoms with E-state index in [0.29, 0.717) is 6.42 Å². The van der Waals surface area contributed by atoms with Crippen molar-refractivity contribution >= 4 is 30.7 Å². The number of nitrogens with two attached hydrogens (primary N) is 1. The molecule has 4 nitrogen and oxygen atoms in total. The zero-order valence-corrected chi connectivity index (χ0v) is 16.4. The maximum absolute atomic E-state index is 12.2. The first kappa shape index (κ1) is 23.2. The summed E-state index contributed by atoms with van der Waals surface area (Å²) in [7, 11) is 0. The van der Waals surface area contributed by atoms with Gasteiger partial charge in [-0.3, -0.25) is 9.69 Å². The molecule has 1 heterocycles. The molecule has 1 aromatic carbocycles. The van der Waals surface area contributed by atoms with Gasteiger partial charge in [0.2, 0.25) is 5.91 Å². The van der Waals surface area contributed by atoms with E-state index in [1.54, 1.807) is 0 Å². The number of nitrogens with zero attached hydrogens (tertiary/aromatic N) is 2. The van der Waals surface area contributed by atoms with Crippen LogP contribution in [0.25, 0.3) is 0 Å². The van der Waals surface area contributed by atoms with Gasteiger partial charge in [-0.2, -0.15) is 0 Å². The highest BCUT2D eigenvalue weighted by Crippen LogP contribution is 2.12. The third-order valence-corrected chi connectivity index (χ3v) is 4.51. The molecule has 2 N–H and O–H groups in total. The van der Waals surface area contributed by atoms with E-state index in [9.17, 15) is 4.79 Å². The lowest BCUT2D eigenvalue weighted by Gasteiger charge is -2.20. The number of hydrogen-bond acceptors (Lipinski definition) is 3. The highest BCUT2D eigenvalue weighted by molar-refractivity contribution is 5.85. The third kappa shape index (κ3) is 6.60. The van der Waals surface area contributed by atoms with Gasteiger partial charge in [-0.05, 0) is 43.5 Å². The molecule has 138 valence electrons. The molecule has 0 aliphatic carbocycles. The van der Waals surface area contributed by atoms with Crippen LogP contribution >= 0.6 is 24.8 Å². The van der Waals surface area contributed by atoms with Crippen LogP contribution < -0.4 is 5.73 Å². The van der Waals surface area contributed by atoms with Crippen molar-refractivity contribution in [1.29, 1.82) is 0 Å². The third-order valence-electron chi connectivity index (χ3n) is 4.51. The lowest BCUT2D eigenvalue weighted by Crippen LogP contribution is -2.43. The van der Waals surface area contributed by atoms with Crippen LogP contribution in [0.1, 0.15) is 37.8 Å². The summed E-state index contributed by atoms with van der Waals surface area (Å²) >= 11 is 0. The number of carbonyl (C=O) groups is 1. The van der Waals surface area contributed by atoms with Gasteiger partial charge in [-0.15, -0.1) is 24.8 Å². The average molecular weight is 376 g/mol. The SMILES string of the molecule is CCN(CC)Cc1ccc(CC(N)C(=O)N2CCCC2)cc1.Cl.Cl. The molecule has 1 amide bonds. The Bertz CT molecular complexity index is 472. The number of likely N-dealkylation sites (tertiary alicyclic amines) is 1. The van der Waals surface area contributed by atoms with E-state index < -0.39 is 6.04 Å². The molecule has 1 aliphatic rings. The zero-order chi connectivity index (χ0) is 15.9. The van der Waals surface area contributed by atoms with Crippen molar-refractivity contribution in [2.45, 2.75) is 45.7 Å². The van der Waals surface area contributed by atoms with Crippen molar-refractivity contribution in [3.8, 4) is 0 Å². The van der Waals surface area contributed by atoms with Crippen LogP contribution in [0.15, 0.2) is 24.3 Å². The van der Waals surface area contributed by atoms with Crippen LogP contribution in [0, 0.1) is 0 Å². The lowest BCUT2D eigenvalue weighted by molar-refractivity contribution is -0.131. The Kier molecular flexibility index (Phi) is 11.3. The van der Waals surface area contributed by atoms with Gasteiger partial charge in [0.25, 0.3) is 0 Å². The van der Waals surface area contributed by atoms with Crippen molar-refractivity contribution in [2.75, 3.05) is 26.2 Å². The van der Waals surface area contributed by atoms with Crippen molar-refractivity contribution < 1.29 is 4.79 Å². The molecule has 1 fully saturated rings. The van der Waals surface area contributed by atoms with Gasteiger partial charge in [-0.25, -0.2) is 0 Å². The second-order valence-corrected chi connectivity index (χ2v) is 6.12. The summed E-state index contributed by atoms with van der Waals surface area (Å²) in [5.74, 6) is 0.102. The van der Waals surface area contributed by atoms with Crippen molar-refractivity contribution in [2.24, 2.45) is 5.73 Å². The highest BCUT2D eigenvalue weighted by Gasteiger charge is 2.23. The zero-order valence-electron chi connectivity index (χ0n) is 14.7. The van der Waals surface area contributed by atoms with Crippen LogP contribution in [0.5, 0.6) is 0 Å². The minimum Gasteiger partial charge on any atom is -0.341 e. The second-order valence-electron chi connectivity index (χ2n) is 6.12. The minimum absolute atomic E-state index is 0. The second kappa shape index (κ2) is 11.7. The van der Waals surface area contributed by atoms with Gasteiger partial charge in [0.15, 0.2) is 0 Å². The van der Waals surface area contributed by atoms with Gasteiger partial charge in [0, 0.05) is 19.6 Å². The molecule has 1 atom stereocenters. The summed E-state index contributed by atoms with van der Waals surface area (Å²) < 4.78 is 0. The van der Waals surface area contributed by atoms with Crippen molar-refractivity contribution in [3.63, 3.8) is 0 Å². The quantitative estimate of drug-likeness (QED) is 0.796. The molecule has 0 spiro atoms. The Morgan fingerprint density at radius 2 is 1.58 bits per heavy atom. The molecular formula is C18H31Cl2N3O. The topological polar surface area (TPSA) is 49.6 Å². The Morgan fingerprint density at radius 1 is 1.08 bits per heavy atom. The van der Waals surface area contributed by atoms with Crippen molar-refractivity contribution in [3.05, 3.63) is 35.4 Å². The average Bonchev–Trinajstić information content (AvgIpc) is 3.07. The molecule has 1 aromatic rings. The first-order chi connectivity index (χ1) is 10.6. The van der Waals surface area contributed by atoms with E-state index in [1.807, 2.05) is 4.90 Å². The van der Waals surface area contributed by atoms with E-state index in [1.165, 1.54) is 5.56 Å². The molecular weight excluding hydrogens is 345 g/mol. The number of hydrogen-bond donors (Lipinski definition) is 1. The summed E-state index contributed by atoms with van der Waals surface area (Å²) in [6.45, 7) is 9.21. The fourth-order valence-corrected chi connectivity index (χ4v) is 3.00. The summed E-state index contributed by atoms with van der Waals surface area (Å²) in [4.78, 5) is 16.5. The standard InChI is InChI=1S/C18H29N3O.2ClH/c1-3-20(4-2)14-16-9-7-15(8-10-16)13-17(19)18(22)21-11-5-6-12-21;;/h7-10,17H,3-6,11-14,19H2,1-2H3;2*1H. The Hall–Kier alpha value is -0.810.